The second-order valence-corrected chi connectivity index (χ2v) is 6.79. The van der Waals surface area contributed by atoms with Crippen molar-refractivity contribution >= 4 is 5.78 Å². The molecule has 2 fully saturated rings. The zero-order valence-electron chi connectivity index (χ0n) is 13.0. The summed E-state index contributed by atoms with van der Waals surface area (Å²) in [4.78, 5) is 12.4. The van der Waals surface area contributed by atoms with Crippen LogP contribution in [0.4, 0.5) is 0 Å². The maximum atomic E-state index is 12.4. The monoisotopic (exact) mass is 286 g/mol. The SMILES string of the molecule is CCCCOc1ccc(C(=O)CC2CC3CCC2C3)cc1. The first-order valence-corrected chi connectivity index (χ1v) is 8.52. The molecule has 0 aromatic heterocycles. The van der Waals surface area contributed by atoms with Gasteiger partial charge in [0.05, 0.1) is 6.61 Å². The van der Waals surface area contributed by atoms with Crippen LogP contribution in [-0.2, 0) is 0 Å². The molecule has 3 rings (SSSR count). The molecule has 3 atom stereocenters. The van der Waals surface area contributed by atoms with Crippen LogP contribution in [-0.4, -0.2) is 12.4 Å². The molecule has 0 aliphatic heterocycles. The predicted molar refractivity (Wildman–Crippen MR) is 84.7 cm³/mol. The Bertz CT molecular complexity index is 477. The molecule has 2 saturated carbocycles. The Morgan fingerprint density at radius 3 is 2.62 bits per heavy atom. The summed E-state index contributed by atoms with van der Waals surface area (Å²) in [5.74, 6) is 3.59. The molecule has 2 aliphatic carbocycles. The largest absolute Gasteiger partial charge is 0.494 e. The highest BCUT2D eigenvalue weighted by Gasteiger charge is 2.40. The van der Waals surface area contributed by atoms with Crippen molar-refractivity contribution in [3.8, 4) is 5.75 Å². The molecule has 2 heteroatoms. The number of benzene rings is 1. The lowest BCUT2D eigenvalue weighted by Gasteiger charge is -2.20. The molecular weight excluding hydrogens is 260 g/mol. The summed E-state index contributed by atoms with van der Waals surface area (Å²) < 4.78 is 5.64. The van der Waals surface area contributed by atoms with Crippen molar-refractivity contribution in [2.24, 2.45) is 17.8 Å². The number of unbranched alkanes of at least 4 members (excludes halogenated alkanes) is 1. The molecule has 3 unspecified atom stereocenters. The van der Waals surface area contributed by atoms with E-state index in [0.29, 0.717) is 11.7 Å². The average molecular weight is 286 g/mol. The minimum atomic E-state index is 0.313. The summed E-state index contributed by atoms with van der Waals surface area (Å²) in [6.45, 7) is 2.91. The zero-order valence-corrected chi connectivity index (χ0v) is 13.0. The first-order valence-electron chi connectivity index (χ1n) is 8.52. The fourth-order valence-electron chi connectivity index (χ4n) is 4.05. The first-order chi connectivity index (χ1) is 10.3. The van der Waals surface area contributed by atoms with Crippen LogP contribution < -0.4 is 4.74 Å². The Morgan fingerprint density at radius 2 is 2.00 bits per heavy atom. The number of carbonyl (C=O) groups is 1. The number of rotatable bonds is 7. The van der Waals surface area contributed by atoms with E-state index >= 15 is 0 Å². The summed E-state index contributed by atoms with van der Waals surface area (Å²) in [7, 11) is 0. The average Bonchev–Trinajstić information content (AvgIpc) is 3.11. The van der Waals surface area contributed by atoms with E-state index in [1.165, 1.54) is 25.7 Å². The van der Waals surface area contributed by atoms with Crippen LogP contribution >= 0.6 is 0 Å². The maximum Gasteiger partial charge on any atom is 0.163 e. The van der Waals surface area contributed by atoms with Crippen LogP contribution in [0, 0.1) is 17.8 Å². The van der Waals surface area contributed by atoms with Crippen LogP contribution in [0.25, 0.3) is 0 Å². The van der Waals surface area contributed by atoms with Gasteiger partial charge in [0.2, 0.25) is 0 Å². The van der Waals surface area contributed by atoms with Crippen molar-refractivity contribution in [1.29, 1.82) is 0 Å². The molecule has 0 radical (unpaired) electrons. The Morgan fingerprint density at radius 1 is 1.19 bits per heavy atom. The summed E-state index contributed by atoms with van der Waals surface area (Å²) in [6, 6.07) is 7.72. The van der Waals surface area contributed by atoms with Gasteiger partial charge in [0.25, 0.3) is 0 Å². The maximum absolute atomic E-state index is 12.4. The minimum Gasteiger partial charge on any atom is -0.494 e. The van der Waals surface area contributed by atoms with Crippen molar-refractivity contribution in [2.45, 2.75) is 51.9 Å². The van der Waals surface area contributed by atoms with Crippen molar-refractivity contribution in [2.75, 3.05) is 6.61 Å². The number of hydrogen-bond acceptors (Lipinski definition) is 2. The molecule has 0 amide bonds. The number of ketones is 1. The molecule has 2 bridgehead atoms. The van der Waals surface area contributed by atoms with Gasteiger partial charge in [0.1, 0.15) is 5.75 Å². The molecule has 0 N–H and O–H groups in total. The predicted octanol–water partition coefficient (Wildman–Crippen LogP) is 4.87. The van der Waals surface area contributed by atoms with E-state index in [-0.39, 0.29) is 0 Å². The molecule has 0 saturated heterocycles. The van der Waals surface area contributed by atoms with Gasteiger partial charge in [-0.3, -0.25) is 4.79 Å². The van der Waals surface area contributed by atoms with Crippen LogP contribution in [0.2, 0.25) is 0 Å². The van der Waals surface area contributed by atoms with E-state index in [9.17, 15) is 4.79 Å². The van der Waals surface area contributed by atoms with Crippen molar-refractivity contribution in [3.63, 3.8) is 0 Å². The summed E-state index contributed by atoms with van der Waals surface area (Å²) >= 11 is 0. The van der Waals surface area contributed by atoms with Gasteiger partial charge in [-0.1, -0.05) is 19.8 Å². The van der Waals surface area contributed by atoms with Gasteiger partial charge >= 0.3 is 0 Å². The highest BCUT2D eigenvalue weighted by Crippen LogP contribution is 2.49. The highest BCUT2D eigenvalue weighted by atomic mass is 16.5. The molecule has 1 aromatic carbocycles. The fourth-order valence-corrected chi connectivity index (χ4v) is 4.05. The lowest BCUT2D eigenvalue weighted by Crippen LogP contribution is -2.15. The third-order valence-electron chi connectivity index (χ3n) is 5.28. The van der Waals surface area contributed by atoms with Gasteiger partial charge in [0.15, 0.2) is 5.78 Å². The minimum absolute atomic E-state index is 0.313. The molecule has 2 aliphatic rings. The van der Waals surface area contributed by atoms with Gasteiger partial charge < -0.3 is 4.74 Å². The van der Waals surface area contributed by atoms with E-state index in [0.717, 1.165) is 49.0 Å². The second kappa shape index (κ2) is 6.64. The smallest absolute Gasteiger partial charge is 0.163 e. The second-order valence-electron chi connectivity index (χ2n) is 6.79. The van der Waals surface area contributed by atoms with Crippen LogP contribution in [0.15, 0.2) is 24.3 Å². The van der Waals surface area contributed by atoms with E-state index < -0.39 is 0 Å². The van der Waals surface area contributed by atoms with Gasteiger partial charge in [-0.2, -0.15) is 0 Å². The Kier molecular flexibility index (Phi) is 4.62. The van der Waals surface area contributed by atoms with Crippen molar-refractivity contribution < 1.29 is 9.53 Å². The van der Waals surface area contributed by atoms with Crippen LogP contribution in [0.3, 0.4) is 0 Å². The first kappa shape index (κ1) is 14.6. The topological polar surface area (TPSA) is 26.3 Å². The highest BCUT2D eigenvalue weighted by molar-refractivity contribution is 5.96. The van der Waals surface area contributed by atoms with Crippen molar-refractivity contribution in [3.05, 3.63) is 29.8 Å². The Labute approximate surface area is 127 Å². The van der Waals surface area contributed by atoms with Crippen molar-refractivity contribution in [1.82, 2.24) is 0 Å². The normalized spacial score (nSPS) is 27.0. The number of carbonyl (C=O) groups excluding carboxylic acids is 1. The van der Waals surface area contributed by atoms with Gasteiger partial charge in [-0.05, 0) is 67.7 Å². The molecule has 21 heavy (non-hydrogen) atoms. The number of fused-ring (bicyclic) bond motifs is 2. The van der Waals surface area contributed by atoms with Gasteiger partial charge in [-0.15, -0.1) is 0 Å². The molecule has 0 heterocycles. The van der Waals surface area contributed by atoms with E-state index in [4.69, 9.17) is 4.74 Å². The molecule has 2 nitrogen and oxygen atoms in total. The fraction of sp³-hybridized carbons (Fsp3) is 0.632. The van der Waals surface area contributed by atoms with E-state index in [2.05, 4.69) is 6.92 Å². The third kappa shape index (κ3) is 3.48. The third-order valence-corrected chi connectivity index (χ3v) is 5.28. The summed E-state index contributed by atoms with van der Waals surface area (Å²) in [5, 5.41) is 0. The number of hydrogen-bond donors (Lipinski definition) is 0. The summed E-state index contributed by atoms with van der Waals surface area (Å²) in [5.41, 5.74) is 0.848. The van der Waals surface area contributed by atoms with E-state index in [1.54, 1.807) is 0 Å². The summed E-state index contributed by atoms with van der Waals surface area (Å²) in [6.07, 6.45) is 8.38. The zero-order chi connectivity index (χ0) is 14.7. The van der Waals surface area contributed by atoms with Crippen LogP contribution in [0.1, 0.15) is 62.2 Å². The Hall–Kier alpha value is -1.31. The molecular formula is C19H26O2. The number of ether oxygens (including phenoxy) is 1. The lowest BCUT2D eigenvalue weighted by atomic mass is 9.84. The molecule has 114 valence electrons. The van der Waals surface area contributed by atoms with Gasteiger partial charge in [0, 0.05) is 12.0 Å². The number of Topliss-reactive ketones (excluding diaryl/α,β-unsaturated/α-hetero) is 1. The van der Waals surface area contributed by atoms with Gasteiger partial charge in [-0.25, -0.2) is 0 Å². The molecule has 1 aromatic rings. The van der Waals surface area contributed by atoms with E-state index in [1.807, 2.05) is 24.3 Å². The van der Waals surface area contributed by atoms with Crippen LogP contribution in [0.5, 0.6) is 5.75 Å². The molecule has 0 spiro atoms. The standard InChI is InChI=1S/C19H26O2/c1-2-3-10-21-18-8-6-15(7-9-18)19(20)13-17-12-14-4-5-16(17)11-14/h6-9,14,16-17H,2-5,10-13H2,1H3. The quantitative estimate of drug-likeness (QED) is 0.528. The lowest BCUT2D eigenvalue weighted by molar-refractivity contribution is 0.0944. The Balaban J connectivity index is 1.52.